The van der Waals surface area contributed by atoms with Gasteiger partial charge in [-0.1, -0.05) is 36.4 Å². The Hall–Kier alpha value is -3.90. The molecule has 0 amide bonds. The van der Waals surface area contributed by atoms with E-state index >= 15 is 0 Å². The van der Waals surface area contributed by atoms with Crippen molar-refractivity contribution in [3.05, 3.63) is 76.6 Å². The highest BCUT2D eigenvalue weighted by Crippen LogP contribution is 2.29. The lowest BCUT2D eigenvalue weighted by Gasteiger charge is -2.13. The van der Waals surface area contributed by atoms with Crippen molar-refractivity contribution in [1.82, 2.24) is 15.1 Å². The molecule has 1 atom stereocenters. The third kappa shape index (κ3) is 8.29. The van der Waals surface area contributed by atoms with Crippen molar-refractivity contribution in [2.24, 2.45) is 0 Å². The van der Waals surface area contributed by atoms with Gasteiger partial charge in [-0.15, -0.1) is 0 Å². The van der Waals surface area contributed by atoms with Crippen LogP contribution in [-0.2, 0) is 39.1 Å². The molecule has 1 aliphatic heterocycles. The Labute approximate surface area is 227 Å². The zero-order chi connectivity index (χ0) is 28.6. The van der Waals surface area contributed by atoms with E-state index in [1.165, 1.54) is 0 Å². The highest BCUT2D eigenvalue weighted by Gasteiger charge is 2.31. The molecule has 0 radical (unpaired) electrons. The molecule has 4 rings (SSSR count). The largest absolute Gasteiger partial charge is 0.493 e. The summed E-state index contributed by atoms with van der Waals surface area (Å²) in [6, 6.07) is 15.9. The van der Waals surface area contributed by atoms with Crippen LogP contribution in [0, 0.1) is 13.8 Å². The first kappa shape index (κ1) is 29.7. The van der Waals surface area contributed by atoms with Gasteiger partial charge >= 0.3 is 11.9 Å². The number of aryl methyl sites for hydroxylation is 1. The summed E-state index contributed by atoms with van der Waals surface area (Å²) in [5, 5.41) is 22.9. The van der Waals surface area contributed by atoms with E-state index < -0.39 is 21.8 Å². The molecule has 2 aromatic carbocycles. The summed E-state index contributed by atoms with van der Waals surface area (Å²) in [7, 11) is -1.30. The lowest BCUT2D eigenvalue weighted by molar-refractivity contribution is -0.159. The normalized spacial score (nSPS) is 15.7. The van der Waals surface area contributed by atoms with E-state index in [-0.39, 0.29) is 17.5 Å². The van der Waals surface area contributed by atoms with Gasteiger partial charge in [0, 0.05) is 24.3 Å². The van der Waals surface area contributed by atoms with Crippen molar-refractivity contribution >= 4 is 21.8 Å². The van der Waals surface area contributed by atoms with E-state index in [2.05, 4.69) is 10.4 Å². The first-order valence-corrected chi connectivity index (χ1v) is 14.1. The van der Waals surface area contributed by atoms with Crippen LogP contribution in [0.4, 0.5) is 0 Å². The molecule has 210 valence electrons. The third-order valence-electron chi connectivity index (χ3n) is 6.31. The zero-order valence-electron chi connectivity index (χ0n) is 22.1. The van der Waals surface area contributed by atoms with Crippen LogP contribution in [0.25, 0.3) is 0 Å². The number of aromatic nitrogens is 2. The molecular weight excluding hydrogens is 526 g/mol. The number of hydrogen-bond donors (Lipinski definition) is 3. The fraction of sp³-hybridized carbons (Fsp3) is 0.370. The highest BCUT2D eigenvalue weighted by atomic mass is 32.2. The number of nitrogens with zero attached hydrogens (tertiary/aromatic N) is 2. The second-order valence-corrected chi connectivity index (χ2v) is 11.4. The van der Waals surface area contributed by atoms with Gasteiger partial charge in [0.2, 0.25) is 0 Å². The molecule has 1 fully saturated rings. The van der Waals surface area contributed by atoms with Crippen molar-refractivity contribution in [3.8, 4) is 11.5 Å². The number of aliphatic carboxylic acids is 2. The summed E-state index contributed by atoms with van der Waals surface area (Å²) in [5.41, 5.74) is 5.28. The van der Waals surface area contributed by atoms with Crippen molar-refractivity contribution in [3.63, 3.8) is 0 Å². The minimum atomic E-state index is -2.95. The van der Waals surface area contributed by atoms with E-state index in [1.807, 2.05) is 67.1 Å². The lowest BCUT2D eigenvalue weighted by atomic mass is 10.1. The van der Waals surface area contributed by atoms with Crippen LogP contribution in [-0.4, -0.2) is 59.0 Å². The molecule has 1 unspecified atom stereocenters. The van der Waals surface area contributed by atoms with Crippen LogP contribution in [0.15, 0.2) is 48.5 Å². The van der Waals surface area contributed by atoms with Crippen molar-refractivity contribution in [2.75, 3.05) is 18.6 Å². The summed E-state index contributed by atoms with van der Waals surface area (Å²) in [5.74, 6) is -1.81. The number of sulfone groups is 1. The van der Waals surface area contributed by atoms with Gasteiger partial charge in [0.05, 0.1) is 30.4 Å². The average Bonchev–Trinajstić information content (AvgIpc) is 3.41. The van der Waals surface area contributed by atoms with Gasteiger partial charge in [-0.05, 0) is 43.5 Å². The van der Waals surface area contributed by atoms with Gasteiger partial charge in [0.1, 0.15) is 6.61 Å². The minimum absolute atomic E-state index is 0.0601. The second-order valence-electron chi connectivity index (χ2n) is 9.12. The lowest BCUT2D eigenvalue weighted by Crippen LogP contribution is -2.16. The number of rotatable bonds is 9. The van der Waals surface area contributed by atoms with Gasteiger partial charge in [0.15, 0.2) is 21.3 Å². The number of carboxylic acid groups (broad SMARTS) is 2. The summed E-state index contributed by atoms with van der Waals surface area (Å²) in [6.45, 7) is 5.80. The van der Waals surface area contributed by atoms with Crippen LogP contribution in [0.5, 0.6) is 11.5 Å². The molecule has 2 heterocycles. The summed E-state index contributed by atoms with van der Waals surface area (Å²) in [4.78, 5) is 18.2. The standard InChI is InChI=1S/C25H31N3O4S.C2H2O4/c1-18-23(19(2)28(27-18)22-11-12-33(29,30)17-22)15-26-14-21-9-10-24(25(13-21)31-3)32-16-20-7-5-4-6-8-20;3-1(4)2(5)6/h4-10,13,22,26H,11-12,14-17H2,1-3H3;(H,3,4)(H,5,6). The van der Waals surface area contributed by atoms with Gasteiger partial charge in [-0.2, -0.15) is 5.10 Å². The Bertz CT molecular complexity index is 1390. The molecule has 3 aromatic rings. The Morgan fingerprint density at radius 2 is 1.72 bits per heavy atom. The van der Waals surface area contributed by atoms with Crippen LogP contribution in [0.1, 0.15) is 40.5 Å². The van der Waals surface area contributed by atoms with Gasteiger partial charge in [-0.3, -0.25) is 4.68 Å². The summed E-state index contributed by atoms with van der Waals surface area (Å²) in [6.07, 6.45) is 0.635. The van der Waals surface area contributed by atoms with Gasteiger partial charge < -0.3 is 25.0 Å². The monoisotopic (exact) mass is 559 g/mol. The number of ether oxygens (including phenoxy) is 2. The maximum Gasteiger partial charge on any atom is 0.414 e. The number of methoxy groups -OCH3 is 1. The molecule has 1 aliphatic rings. The topological polar surface area (TPSA) is 157 Å². The molecule has 39 heavy (non-hydrogen) atoms. The molecule has 0 spiro atoms. The summed E-state index contributed by atoms with van der Waals surface area (Å²) >= 11 is 0. The summed E-state index contributed by atoms with van der Waals surface area (Å²) < 4.78 is 37.1. The quantitative estimate of drug-likeness (QED) is 0.333. The van der Waals surface area contributed by atoms with E-state index in [1.54, 1.807) is 7.11 Å². The second kappa shape index (κ2) is 13.3. The smallest absolute Gasteiger partial charge is 0.414 e. The van der Waals surface area contributed by atoms with Crippen LogP contribution in [0.2, 0.25) is 0 Å². The Balaban J connectivity index is 0.000000631. The highest BCUT2D eigenvalue weighted by molar-refractivity contribution is 7.91. The number of carboxylic acids is 2. The Kier molecular flexibility index (Phi) is 10.1. The predicted molar refractivity (Wildman–Crippen MR) is 144 cm³/mol. The molecule has 0 aliphatic carbocycles. The van der Waals surface area contributed by atoms with Crippen LogP contribution >= 0.6 is 0 Å². The molecular formula is C27H33N3O8S. The average molecular weight is 560 g/mol. The van der Waals surface area contributed by atoms with Crippen LogP contribution in [0.3, 0.4) is 0 Å². The van der Waals surface area contributed by atoms with Crippen LogP contribution < -0.4 is 14.8 Å². The number of carbonyl (C=O) groups is 2. The SMILES string of the molecule is COc1cc(CNCc2c(C)nn(C3CCS(=O)(=O)C3)c2C)ccc1OCc1ccccc1.O=C(O)C(=O)O. The Morgan fingerprint density at radius 1 is 1.03 bits per heavy atom. The first-order valence-electron chi connectivity index (χ1n) is 12.3. The molecule has 1 saturated heterocycles. The first-order chi connectivity index (χ1) is 18.5. The molecule has 3 N–H and O–H groups in total. The van der Waals surface area contributed by atoms with Crippen molar-refractivity contribution < 1.29 is 37.7 Å². The zero-order valence-corrected chi connectivity index (χ0v) is 22.9. The molecule has 0 bridgehead atoms. The van der Waals surface area contributed by atoms with Gasteiger partial charge in [-0.25, -0.2) is 18.0 Å². The predicted octanol–water partition coefficient (Wildman–Crippen LogP) is 2.89. The maximum atomic E-state index is 11.9. The van der Waals surface area contributed by atoms with Crippen molar-refractivity contribution in [2.45, 2.75) is 46.0 Å². The molecule has 1 aromatic heterocycles. The number of benzene rings is 2. The van der Waals surface area contributed by atoms with E-state index in [4.69, 9.17) is 29.3 Å². The van der Waals surface area contributed by atoms with Gasteiger partial charge in [0.25, 0.3) is 0 Å². The third-order valence-corrected chi connectivity index (χ3v) is 8.06. The molecule has 11 nitrogen and oxygen atoms in total. The fourth-order valence-electron chi connectivity index (χ4n) is 4.29. The molecule has 0 saturated carbocycles. The molecule has 12 heteroatoms. The fourth-order valence-corrected chi connectivity index (χ4v) is 5.98. The Morgan fingerprint density at radius 3 is 2.31 bits per heavy atom. The van der Waals surface area contributed by atoms with Crippen molar-refractivity contribution in [1.29, 1.82) is 0 Å². The minimum Gasteiger partial charge on any atom is -0.493 e. The van der Waals surface area contributed by atoms with E-state index in [0.29, 0.717) is 37.6 Å². The maximum absolute atomic E-state index is 11.9. The number of hydrogen-bond acceptors (Lipinski definition) is 8. The van der Waals surface area contributed by atoms with E-state index in [9.17, 15) is 8.42 Å². The number of nitrogens with one attached hydrogen (secondary N) is 1. The van der Waals surface area contributed by atoms with E-state index in [0.717, 1.165) is 28.1 Å².